The van der Waals surface area contributed by atoms with E-state index in [0.717, 1.165) is 0 Å². The van der Waals surface area contributed by atoms with Crippen LogP contribution in [0.25, 0.3) is 0 Å². The van der Waals surface area contributed by atoms with E-state index in [4.69, 9.17) is 5.11 Å². The van der Waals surface area contributed by atoms with Crippen LogP contribution in [0.1, 0.15) is 32.3 Å². The van der Waals surface area contributed by atoms with E-state index in [-0.39, 0.29) is 30.1 Å². The lowest BCUT2D eigenvalue weighted by Crippen LogP contribution is -2.37. The van der Waals surface area contributed by atoms with Crippen molar-refractivity contribution in [2.75, 3.05) is 0 Å². The zero-order valence-corrected chi connectivity index (χ0v) is 11.7. The number of hydrogen-bond donors (Lipinski definition) is 2. The van der Waals surface area contributed by atoms with Gasteiger partial charge in [0.25, 0.3) is 0 Å². The van der Waals surface area contributed by atoms with Gasteiger partial charge in [-0.05, 0) is 31.4 Å². The van der Waals surface area contributed by atoms with Crippen molar-refractivity contribution < 1.29 is 19.1 Å². The largest absolute Gasteiger partial charge is 0.481 e. The predicted molar refractivity (Wildman–Crippen MR) is 73.7 cm³/mol. The summed E-state index contributed by atoms with van der Waals surface area (Å²) < 4.78 is 13.5. The van der Waals surface area contributed by atoms with Crippen LogP contribution in [0.15, 0.2) is 24.3 Å². The number of carboxylic acid groups (broad SMARTS) is 1. The fourth-order valence-corrected chi connectivity index (χ4v) is 1.88. The van der Waals surface area contributed by atoms with E-state index in [1.807, 2.05) is 0 Å². The van der Waals surface area contributed by atoms with Gasteiger partial charge in [0, 0.05) is 18.4 Å². The molecule has 0 bridgehead atoms. The van der Waals surface area contributed by atoms with Gasteiger partial charge in [-0.3, -0.25) is 9.59 Å². The van der Waals surface area contributed by atoms with Crippen LogP contribution in [0, 0.1) is 11.7 Å². The average molecular weight is 281 g/mol. The van der Waals surface area contributed by atoms with Crippen LogP contribution in [-0.4, -0.2) is 23.0 Å². The summed E-state index contributed by atoms with van der Waals surface area (Å²) in [4.78, 5) is 22.4. The van der Waals surface area contributed by atoms with Gasteiger partial charge in [-0.25, -0.2) is 4.39 Å². The molecule has 4 nitrogen and oxygen atoms in total. The third-order valence-electron chi connectivity index (χ3n) is 3.11. The Morgan fingerprint density at radius 3 is 2.55 bits per heavy atom. The number of carbonyl (C=O) groups excluding carboxylic acids is 1. The van der Waals surface area contributed by atoms with Crippen molar-refractivity contribution in [1.82, 2.24) is 5.32 Å². The number of rotatable bonds is 7. The molecular formula is C15H20FNO3. The van der Waals surface area contributed by atoms with E-state index in [1.54, 1.807) is 32.0 Å². The minimum absolute atomic E-state index is 0.0170. The van der Waals surface area contributed by atoms with Gasteiger partial charge in [0.05, 0.1) is 0 Å². The molecule has 20 heavy (non-hydrogen) atoms. The molecule has 1 aromatic carbocycles. The maximum atomic E-state index is 13.5. The third kappa shape index (κ3) is 5.38. The van der Waals surface area contributed by atoms with Crippen LogP contribution in [-0.2, 0) is 16.0 Å². The zero-order chi connectivity index (χ0) is 15.1. The van der Waals surface area contributed by atoms with Crippen molar-refractivity contribution >= 4 is 11.9 Å². The zero-order valence-electron chi connectivity index (χ0n) is 11.7. The Labute approximate surface area is 118 Å². The fourth-order valence-electron chi connectivity index (χ4n) is 1.88. The van der Waals surface area contributed by atoms with E-state index < -0.39 is 5.97 Å². The molecule has 2 N–H and O–H groups in total. The van der Waals surface area contributed by atoms with Gasteiger partial charge in [-0.15, -0.1) is 0 Å². The van der Waals surface area contributed by atoms with Gasteiger partial charge < -0.3 is 10.4 Å². The number of carbonyl (C=O) groups is 2. The lowest BCUT2D eigenvalue weighted by molar-refractivity contribution is -0.137. The summed E-state index contributed by atoms with van der Waals surface area (Å²) in [6, 6.07) is 6.17. The van der Waals surface area contributed by atoms with Gasteiger partial charge in [-0.2, -0.15) is 0 Å². The Kier molecular flexibility index (Phi) is 6.15. The molecule has 0 radical (unpaired) electrons. The van der Waals surface area contributed by atoms with Gasteiger partial charge in [0.15, 0.2) is 0 Å². The number of halogens is 1. The number of amides is 1. The second-order valence-electron chi connectivity index (χ2n) is 5.04. The molecule has 0 heterocycles. The topological polar surface area (TPSA) is 66.4 Å². The first-order chi connectivity index (χ1) is 9.40. The summed E-state index contributed by atoms with van der Waals surface area (Å²) in [5.41, 5.74) is 0.508. The molecule has 0 fully saturated rings. The number of nitrogens with one attached hydrogen (secondary N) is 1. The standard InChI is InChI=1S/C15H20FNO3/c1-10(9-12-5-3-4-6-13(12)16)15(20)17-11(2)7-8-14(18)19/h3-6,10-11H,7-9H2,1-2H3,(H,17,20)(H,18,19). The highest BCUT2D eigenvalue weighted by Gasteiger charge is 2.17. The smallest absolute Gasteiger partial charge is 0.303 e. The first-order valence-electron chi connectivity index (χ1n) is 6.65. The van der Waals surface area contributed by atoms with Crippen molar-refractivity contribution in [2.45, 2.75) is 39.2 Å². The molecule has 2 unspecified atom stereocenters. The number of carboxylic acids is 1. The van der Waals surface area contributed by atoms with Crippen LogP contribution < -0.4 is 5.32 Å². The average Bonchev–Trinajstić information content (AvgIpc) is 2.39. The summed E-state index contributed by atoms with van der Waals surface area (Å²) in [7, 11) is 0. The van der Waals surface area contributed by atoms with Crippen molar-refractivity contribution in [1.29, 1.82) is 0 Å². The maximum Gasteiger partial charge on any atom is 0.303 e. The fraction of sp³-hybridized carbons (Fsp3) is 0.467. The molecule has 0 aliphatic heterocycles. The highest BCUT2D eigenvalue weighted by atomic mass is 19.1. The Hall–Kier alpha value is -1.91. The van der Waals surface area contributed by atoms with Crippen LogP contribution in [0.4, 0.5) is 4.39 Å². The van der Waals surface area contributed by atoms with Gasteiger partial charge in [0.1, 0.15) is 5.82 Å². The summed E-state index contributed by atoms with van der Waals surface area (Å²) in [5.74, 6) is -1.75. The van der Waals surface area contributed by atoms with E-state index in [0.29, 0.717) is 18.4 Å². The van der Waals surface area contributed by atoms with E-state index in [2.05, 4.69) is 5.32 Å². The second-order valence-corrected chi connectivity index (χ2v) is 5.04. The minimum Gasteiger partial charge on any atom is -0.481 e. The highest BCUT2D eigenvalue weighted by molar-refractivity contribution is 5.79. The van der Waals surface area contributed by atoms with E-state index in [1.165, 1.54) is 6.07 Å². The SMILES string of the molecule is CC(CCC(=O)O)NC(=O)C(C)Cc1ccccc1F. The Bertz CT molecular complexity index is 476. The molecule has 0 spiro atoms. The van der Waals surface area contributed by atoms with E-state index in [9.17, 15) is 14.0 Å². The first-order valence-corrected chi connectivity index (χ1v) is 6.65. The monoisotopic (exact) mass is 281 g/mol. The van der Waals surface area contributed by atoms with Crippen molar-refractivity contribution in [3.63, 3.8) is 0 Å². The van der Waals surface area contributed by atoms with Crippen LogP contribution >= 0.6 is 0 Å². The van der Waals surface area contributed by atoms with Crippen molar-refractivity contribution in [2.24, 2.45) is 5.92 Å². The number of hydrogen-bond acceptors (Lipinski definition) is 2. The Morgan fingerprint density at radius 1 is 1.30 bits per heavy atom. The molecule has 0 aliphatic carbocycles. The lowest BCUT2D eigenvalue weighted by Gasteiger charge is -2.17. The van der Waals surface area contributed by atoms with Gasteiger partial charge in [0.2, 0.25) is 5.91 Å². The molecule has 0 aromatic heterocycles. The Morgan fingerprint density at radius 2 is 1.95 bits per heavy atom. The summed E-state index contributed by atoms with van der Waals surface area (Å²) in [5, 5.41) is 11.3. The van der Waals surface area contributed by atoms with Crippen LogP contribution in [0.5, 0.6) is 0 Å². The molecule has 1 amide bonds. The van der Waals surface area contributed by atoms with Crippen LogP contribution in [0.2, 0.25) is 0 Å². The molecule has 2 atom stereocenters. The molecule has 0 aliphatic rings. The molecule has 0 saturated heterocycles. The number of aliphatic carboxylic acids is 1. The summed E-state index contributed by atoms with van der Waals surface area (Å²) >= 11 is 0. The van der Waals surface area contributed by atoms with Gasteiger partial charge in [-0.1, -0.05) is 25.1 Å². The molecule has 0 saturated carbocycles. The maximum absolute atomic E-state index is 13.5. The van der Waals surface area contributed by atoms with Crippen molar-refractivity contribution in [3.05, 3.63) is 35.6 Å². The van der Waals surface area contributed by atoms with Crippen molar-refractivity contribution in [3.8, 4) is 0 Å². The third-order valence-corrected chi connectivity index (χ3v) is 3.11. The molecule has 1 aromatic rings. The summed E-state index contributed by atoms with van der Waals surface area (Å²) in [6.45, 7) is 3.49. The van der Waals surface area contributed by atoms with Gasteiger partial charge >= 0.3 is 5.97 Å². The minimum atomic E-state index is -0.884. The molecule has 110 valence electrons. The molecular weight excluding hydrogens is 261 g/mol. The van der Waals surface area contributed by atoms with E-state index >= 15 is 0 Å². The molecule has 1 rings (SSSR count). The lowest BCUT2D eigenvalue weighted by atomic mass is 9.99. The highest BCUT2D eigenvalue weighted by Crippen LogP contribution is 2.13. The Balaban J connectivity index is 2.47. The summed E-state index contributed by atoms with van der Waals surface area (Å²) in [6.07, 6.45) is 0.723. The van der Waals surface area contributed by atoms with Crippen LogP contribution in [0.3, 0.4) is 0 Å². The number of benzene rings is 1. The predicted octanol–water partition coefficient (Wildman–Crippen LogP) is 2.37. The normalized spacial score (nSPS) is 13.6. The second kappa shape index (κ2) is 7.62. The quantitative estimate of drug-likeness (QED) is 0.806. The first kappa shape index (κ1) is 16.1. The molecule has 5 heteroatoms.